The van der Waals surface area contributed by atoms with E-state index in [-0.39, 0.29) is 0 Å². The van der Waals surface area contributed by atoms with Gasteiger partial charge in [-0.3, -0.25) is 0 Å². The van der Waals surface area contributed by atoms with Crippen molar-refractivity contribution in [2.45, 2.75) is 6.10 Å². The van der Waals surface area contributed by atoms with Crippen molar-refractivity contribution in [1.29, 1.82) is 0 Å². The lowest BCUT2D eigenvalue weighted by Crippen LogP contribution is -1.95. The number of aliphatic hydroxyl groups excluding tert-OH is 1. The quantitative estimate of drug-likeness (QED) is 0.501. The first-order chi connectivity index (χ1) is 8.81. The number of rotatable bonds is 1. The molecule has 0 unspecified atom stereocenters. The lowest BCUT2D eigenvalue weighted by atomic mass is 9.95. The van der Waals surface area contributed by atoms with Gasteiger partial charge in [0.15, 0.2) is 0 Å². The predicted octanol–water partition coefficient (Wildman–Crippen LogP) is 3.66. The molecular weight excluding hydrogens is 220 g/mol. The summed E-state index contributed by atoms with van der Waals surface area (Å²) >= 11 is 0. The average Bonchev–Trinajstić information content (AvgIpc) is 2.45. The van der Waals surface area contributed by atoms with E-state index in [1.807, 2.05) is 42.5 Å². The van der Waals surface area contributed by atoms with Gasteiger partial charge in [0.2, 0.25) is 0 Å². The summed E-state index contributed by atoms with van der Waals surface area (Å²) in [5.41, 5.74) is 0.798. The van der Waals surface area contributed by atoms with Crippen molar-refractivity contribution in [2.24, 2.45) is 0 Å². The van der Waals surface area contributed by atoms with Crippen molar-refractivity contribution in [3.8, 4) is 12.3 Å². The van der Waals surface area contributed by atoms with Gasteiger partial charge in [-0.15, -0.1) is 6.42 Å². The minimum Gasteiger partial charge on any atom is -0.376 e. The van der Waals surface area contributed by atoms with Crippen LogP contribution in [0.2, 0.25) is 0 Å². The van der Waals surface area contributed by atoms with Crippen molar-refractivity contribution in [1.82, 2.24) is 0 Å². The molecule has 1 heteroatoms. The molecule has 0 amide bonds. The van der Waals surface area contributed by atoms with Crippen LogP contribution < -0.4 is 0 Å². The summed E-state index contributed by atoms with van der Waals surface area (Å²) in [5, 5.41) is 14.4. The zero-order valence-corrected chi connectivity index (χ0v) is 9.80. The first-order valence-electron chi connectivity index (χ1n) is 5.86. The van der Waals surface area contributed by atoms with E-state index < -0.39 is 6.10 Å². The Labute approximate surface area is 106 Å². The second-order valence-electron chi connectivity index (χ2n) is 4.30. The third-order valence-corrected chi connectivity index (χ3v) is 3.25. The molecule has 0 aliphatic carbocycles. The molecule has 0 saturated carbocycles. The first-order valence-corrected chi connectivity index (χ1v) is 5.86. The van der Waals surface area contributed by atoms with Gasteiger partial charge in [-0.1, -0.05) is 54.5 Å². The van der Waals surface area contributed by atoms with Crippen molar-refractivity contribution in [2.75, 3.05) is 0 Å². The Hall–Kier alpha value is -2.30. The fraction of sp³-hybridized carbons (Fsp3) is 0.0588. The largest absolute Gasteiger partial charge is 0.376 e. The molecule has 0 aliphatic heterocycles. The van der Waals surface area contributed by atoms with Crippen LogP contribution in [-0.2, 0) is 0 Å². The van der Waals surface area contributed by atoms with Crippen LogP contribution in [0.3, 0.4) is 0 Å². The van der Waals surface area contributed by atoms with Crippen molar-refractivity contribution in [3.05, 3.63) is 60.2 Å². The van der Waals surface area contributed by atoms with Gasteiger partial charge in [0.1, 0.15) is 6.10 Å². The SMILES string of the molecule is C#C[C@H](O)c1cc2ccccc2c2ccccc12. The highest BCUT2D eigenvalue weighted by atomic mass is 16.3. The minimum absolute atomic E-state index is 0.798. The van der Waals surface area contributed by atoms with Gasteiger partial charge >= 0.3 is 0 Å². The van der Waals surface area contributed by atoms with E-state index in [9.17, 15) is 5.11 Å². The average molecular weight is 232 g/mol. The number of hydrogen-bond donors (Lipinski definition) is 1. The van der Waals surface area contributed by atoms with E-state index in [4.69, 9.17) is 6.42 Å². The summed E-state index contributed by atoms with van der Waals surface area (Å²) in [5.74, 6) is 2.39. The lowest BCUT2D eigenvalue weighted by Gasteiger charge is -2.11. The maximum atomic E-state index is 9.95. The predicted molar refractivity (Wildman–Crippen MR) is 75.2 cm³/mol. The molecule has 1 N–H and O–H groups in total. The van der Waals surface area contributed by atoms with Gasteiger partial charge in [0.05, 0.1) is 0 Å². The second-order valence-corrected chi connectivity index (χ2v) is 4.30. The van der Waals surface area contributed by atoms with Crippen LogP contribution in [0.1, 0.15) is 11.7 Å². The van der Waals surface area contributed by atoms with Gasteiger partial charge in [0.25, 0.3) is 0 Å². The van der Waals surface area contributed by atoms with Crippen LogP contribution in [0.25, 0.3) is 21.5 Å². The number of aliphatic hydroxyl groups is 1. The molecule has 0 heterocycles. The third kappa shape index (κ3) is 1.55. The lowest BCUT2D eigenvalue weighted by molar-refractivity contribution is 0.240. The smallest absolute Gasteiger partial charge is 0.140 e. The molecule has 86 valence electrons. The van der Waals surface area contributed by atoms with Crippen molar-refractivity contribution >= 4 is 21.5 Å². The highest BCUT2D eigenvalue weighted by Gasteiger charge is 2.10. The highest BCUT2D eigenvalue weighted by Crippen LogP contribution is 2.31. The summed E-state index contributed by atoms with van der Waals surface area (Å²) in [6, 6.07) is 18.1. The van der Waals surface area contributed by atoms with Crippen LogP contribution in [0.15, 0.2) is 54.6 Å². The number of fused-ring (bicyclic) bond motifs is 3. The van der Waals surface area contributed by atoms with Gasteiger partial charge in [-0.05, 0) is 27.6 Å². The minimum atomic E-state index is -0.862. The van der Waals surface area contributed by atoms with Crippen LogP contribution in [-0.4, -0.2) is 5.11 Å². The zero-order chi connectivity index (χ0) is 12.5. The van der Waals surface area contributed by atoms with E-state index >= 15 is 0 Å². The number of hydrogen-bond acceptors (Lipinski definition) is 1. The Morgan fingerprint density at radius 1 is 0.889 bits per heavy atom. The Balaban J connectivity index is 2.51. The molecule has 0 spiro atoms. The number of terminal acetylenes is 1. The van der Waals surface area contributed by atoms with Crippen LogP contribution in [0, 0.1) is 12.3 Å². The summed E-state index contributed by atoms with van der Waals surface area (Å²) in [6.45, 7) is 0. The number of benzene rings is 3. The Kier molecular flexibility index (Phi) is 2.51. The highest BCUT2D eigenvalue weighted by molar-refractivity contribution is 6.09. The van der Waals surface area contributed by atoms with E-state index in [0.717, 1.165) is 21.7 Å². The third-order valence-electron chi connectivity index (χ3n) is 3.25. The Bertz CT molecular complexity index is 765. The van der Waals surface area contributed by atoms with Gasteiger partial charge < -0.3 is 5.11 Å². The van der Waals surface area contributed by atoms with Gasteiger partial charge in [-0.25, -0.2) is 0 Å². The van der Waals surface area contributed by atoms with Crippen molar-refractivity contribution in [3.63, 3.8) is 0 Å². The molecule has 1 nitrogen and oxygen atoms in total. The summed E-state index contributed by atoms with van der Waals surface area (Å²) < 4.78 is 0. The molecule has 0 radical (unpaired) electrons. The van der Waals surface area contributed by atoms with Crippen molar-refractivity contribution < 1.29 is 5.11 Å². The molecule has 0 aromatic heterocycles. The molecule has 18 heavy (non-hydrogen) atoms. The maximum Gasteiger partial charge on any atom is 0.140 e. The van der Waals surface area contributed by atoms with E-state index in [2.05, 4.69) is 18.1 Å². The summed E-state index contributed by atoms with van der Waals surface area (Å²) in [7, 11) is 0. The van der Waals surface area contributed by atoms with E-state index in [1.54, 1.807) is 0 Å². The molecule has 0 fully saturated rings. The Morgan fingerprint density at radius 2 is 1.50 bits per heavy atom. The van der Waals surface area contributed by atoms with E-state index in [1.165, 1.54) is 5.39 Å². The Morgan fingerprint density at radius 3 is 2.22 bits per heavy atom. The second kappa shape index (κ2) is 4.18. The normalized spacial score (nSPS) is 12.4. The molecular formula is C17H12O. The topological polar surface area (TPSA) is 20.2 Å². The van der Waals surface area contributed by atoms with E-state index in [0.29, 0.717) is 0 Å². The molecule has 3 rings (SSSR count). The standard InChI is InChI=1S/C17H12O/c1-2-17(18)16-11-12-7-3-4-8-13(12)14-9-5-6-10-15(14)16/h1,3-11,17-18H/t17-/m0/s1. The summed E-state index contributed by atoms with van der Waals surface area (Å²) in [6.07, 6.45) is 4.48. The monoisotopic (exact) mass is 232 g/mol. The molecule has 0 bridgehead atoms. The fourth-order valence-electron chi connectivity index (χ4n) is 2.40. The van der Waals surface area contributed by atoms with Crippen LogP contribution in [0.4, 0.5) is 0 Å². The fourth-order valence-corrected chi connectivity index (χ4v) is 2.40. The summed E-state index contributed by atoms with van der Waals surface area (Å²) in [4.78, 5) is 0. The maximum absolute atomic E-state index is 9.95. The van der Waals surface area contributed by atoms with Crippen LogP contribution >= 0.6 is 0 Å². The first kappa shape index (κ1) is 10.8. The molecule has 1 atom stereocenters. The molecule has 3 aromatic rings. The van der Waals surface area contributed by atoms with Gasteiger partial charge in [-0.2, -0.15) is 0 Å². The molecule has 0 saturated heterocycles. The van der Waals surface area contributed by atoms with Crippen LogP contribution in [0.5, 0.6) is 0 Å². The van der Waals surface area contributed by atoms with Gasteiger partial charge in [0, 0.05) is 5.56 Å². The zero-order valence-electron chi connectivity index (χ0n) is 9.80. The molecule has 0 aliphatic rings. The molecule has 3 aromatic carbocycles.